The monoisotopic (exact) mass is 322 g/mol. The number of rotatable bonds is 2. The number of benzene rings is 1. The average molecular weight is 324 g/mol. The number of nitrogens with one attached hydrogen (secondary N) is 1. The highest BCUT2D eigenvalue weighted by molar-refractivity contribution is 6.44. The molecule has 0 amide bonds. The minimum Gasteiger partial charge on any atom is -0.394 e. The third-order valence-corrected chi connectivity index (χ3v) is 3.27. The zero-order chi connectivity index (χ0) is 13.3. The molecule has 8 heteroatoms. The minimum absolute atomic E-state index is 0.0721. The highest BCUT2D eigenvalue weighted by atomic mass is 35.5. The maximum absolute atomic E-state index is 6.02. The van der Waals surface area contributed by atoms with Gasteiger partial charge >= 0.3 is 0 Å². The molecule has 0 radical (unpaired) electrons. The van der Waals surface area contributed by atoms with Crippen LogP contribution in [0.25, 0.3) is 0 Å². The molecule has 2 aromatic rings. The molecule has 2 rings (SSSR count). The second-order valence-electron chi connectivity index (χ2n) is 3.31. The van der Waals surface area contributed by atoms with Crippen LogP contribution in [0, 0.1) is 0 Å². The van der Waals surface area contributed by atoms with Gasteiger partial charge in [-0.3, -0.25) is 0 Å². The molecule has 0 aliphatic carbocycles. The van der Waals surface area contributed by atoms with Gasteiger partial charge in [0.05, 0.1) is 32.6 Å². The summed E-state index contributed by atoms with van der Waals surface area (Å²) < 4.78 is 0. The molecular formula is C10H6Cl4N4. The van der Waals surface area contributed by atoms with Crippen molar-refractivity contribution in [2.24, 2.45) is 0 Å². The lowest BCUT2D eigenvalue weighted by atomic mass is 10.3. The van der Waals surface area contributed by atoms with Crippen LogP contribution in [-0.4, -0.2) is 9.97 Å². The van der Waals surface area contributed by atoms with Gasteiger partial charge in [0.25, 0.3) is 0 Å². The first-order valence-corrected chi connectivity index (χ1v) is 6.18. The number of hydrogen-bond acceptors (Lipinski definition) is 4. The molecule has 0 atom stereocenters. The van der Waals surface area contributed by atoms with E-state index in [0.29, 0.717) is 32.3 Å². The predicted molar refractivity (Wildman–Crippen MR) is 76.2 cm³/mol. The van der Waals surface area contributed by atoms with Crippen LogP contribution in [0.1, 0.15) is 0 Å². The number of nitrogen functional groups attached to an aromatic ring is 1. The van der Waals surface area contributed by atoms with Gasteiger partial charge in [-0.2, -0.15) is 4.98 Å². The Morgan fingerprint density at radius 3 is 2.39 bits per heavy atom. The van der Waals surface area contributed by atoms with Gasteiger partial charge in [-0.25, -0.2) is 4.98 Å². The smallest absolute Gasteiger partial charge is 0.224 e. The number of halogens is 4. The van der Waals surface area contributed by atoms with Crippen LogP contribution < -0.4 is 11.1 Å². The van der Waals surface area contributed by atoms with Crippen molar-refractivity contribution in [1.29, 1.82) is 0 Å². The van der Waals surface area contributed by atoms with Crippen molar-refractivity contribution in [2.75, 3.05) is 11.1 Å². The van der Waals surface area contributed by atoms with Crippen molar-refractivity contribution in [1.82, 2.24) is 9.97 Å². The normalized spacial score (nSPS) is 10.4. The maximum atomic E-state index is 6.02. The summed E-state index contributed by atoms with van der Waals surface area (Å²) in [6.45, 7) is 0. The van der Waals surface area contributed by atoms with Crippen molar-refractivity contribution in [2.45, 2.75) is 0 Å². The van der Waals surface area contributed by atoms with Crippen LogP contribution in [-0.2, 0) is 0 Å². The molecule has 1 aromatic carbocycles. The summed E-state index contributed by atoms with van der Waals surface area (Å²) in [4.78, 5) is 7.69. The summed E-state index contributed by atoms with van der Waals surface area (Å²) in [5.74, 6) is 0.343. The van der Waals surface area contributed by atoms with E-state index in [2.05, 4.69) is 15.3 Å². The summed E-state index contributed by atoms with van der Waals surface area (Å²) >= 11 is 23.4. The second kappa shape index (κ2) is 5.36. The fourth-order valence-electron chi connectivity index (χ4n) is 1.22. The molecule has 1 aromatic heterocycles. The topological polar surface area (TPSA) is 63.8 Å². The van der Waals surface area contributed by atoms with Gasteiger partial charge in [-0.15, -0.1) is 0 Å². The Morgan fingerprint density at radius 1 is 1.00 bits per heavy atom. The molecule has 0 spiro atoms. The third kappa shape index (κ3) is 2.90. The molecule has 0 bridgehead atoms. The van der Waals surface area contributed by atoms with Gasteiger partial charge in [0.2, 0.25) is 5.28 Å². The first-order chi connectivity index (χ1) is 8.47. The molecule has 0 saturated heterocycles. The Kier molecular flexibility index (Phi) is 4.02. The Bertz CT molecular complexity index is 603. The van der Waals surface area contributed by atoms with Gasteiger partial charge in [-0.05, 0) is 23.7 Å². The lowest BCUT2D eigenvalue weighted by Crippen LogP contribution is -2.01. The fraction of sp³-hybridized carbons (Fsp3) is 0. The third-order valence-electron chi connectivity index (χ3n) is 2.05. The SMILES string of the molecule is Nc1cnc(Cl)nc1Nc1cc(Cl)c(Cl)cc1Cl. The standard InChI is InChI=1S/C10H6Cl4N4/c11-4-1-6(13)8(2-5(4)12)17-9-7(15)3-16-10(14)18-9/h1-3H,15H2,(H,16,17,18). The van der Waals surface area contributed by atoms with Crippen LogP contribution >= 0.6 is 46.4 Å². The average Bonchev–Trinajstić information content (AvgIpc) is 2.30. The molecule has 0 aliphatic rings. The minimum atomic E-state index is 0.0721. The molecule has 18 heavy (non-hydrogen) atoms. The Balaban J connectivity index is 2.40. The van der Waals surface area contributed by atoms with E-state index in [0.717, 1.165) is 0 Å². The quantitative estimate of drug-likeness (QED) is 0.634. The first-order valence-electron chi connectivity index (χ1n) is 4.67. The predicted octanol–water partition coefficient (Wildman–Crippen LogP) is 4.42. The highest BCUT2D eigenvalue weighted by Crippen LogP contribution is 2.34. The van der Waals surface area contributed by atoms with E-state index in [-0.39, 0.29) is 5.28 Å². The van der Waals surface area contributed by atoms with Gasteiger partial charge in [0.15, 0.2) is 5.82 Å². The summed E-state index contributed by atoms with van der Waals surface area (Å²) in [6, 6.07) is 3.09. The van der Waals surface area contributed by atoms with Gasteiger partial charge in [0, 0.05) is 0 Å². The summed E-state index contributed by atoms with van der Waals surface area (Å²) in [7, 11) is 0. The lowest BCUT2D eigenvalue weighted by Gasteiger charge is -2.10. The fourth-order valence-corrected chi connectivity index (χ4v) is 1.94. The molecule has 0 aliphatic heterocycles. The van der Waals surface area contributed by atoms with Crippen molar-refractivity contribution >= 4 is 63.6 Å². The largest absolute Gasteiger partial charge is 0.394 e. The Labute approximate surface area is 123 Å². The molecule has 0 saturated carbocycles. The number of hydrogen-bond donors (Lipinski definition) is 2. The van der Waals surface area contributed by atoms with Crippen LogP contribution in [0.5, 0.6) is 0 Å². The second-order valence-corrected chi connectivity index (χ2v) is 4.87. The zero-order valence-electron chi connectivity index (χ0n) is 8.72. The van der Waals surface area contributed by atoms with Crippen LogP contribution in [0.15, 0.2) is 18.3 Å². The van der Waals surface area contributed by atoms with E-state index in [1.807, 2.05) is 0 Å². The number of nitrogens with two attached hydrogens (primary N) is 1. The van der Waals surface area contributed by atoms with Crippen LogP contribution in [0.3, 0.4) is 0 Å². The maximum Gasteiger partial charge on any atom is 0.224 e. The molecule has 0 unspecified atom stereocenters. The Morgan fingerprint density at radius 2 is 1.67 bits per heavy atom. The van der Waals surface area contributed by atoms with E-state index in [1.54, 1.807) is 6.07 Å². The molecule has 3 N–H and O–H groups in total. The van der Waals surface area contributed by atoms with E-state index in [4.69, 9.17) is 52.1 Å². The van der Waals surface area contributed by atoms with E-state index >= 15 is 0 Å². The Hall–Kier alpha value is -0.940. The summed E-state index contributed by atoms with van der Waals surface area (Å²) in [5.41, 5.74) is 6.56. The molecular weight excluding hydrogens is 318 g/mol. The first kappa shape index (κ1) is 13.5. The van der Waals surface area contributed by atoms with Crippen LogP contribution in [0.4, 0.5) is 17.2 Å². The highest BCUT2D eigenvalue weighted by Gasteiger charge is 2.09. The van der Waals surface area contributed by atoms with Gasteiger partial charge < -0.3 is 11.1 Å². The molecule has 94 valence electrons. The molecule has 1 heterocycles. The van der Waals surface area contributed by atoms with Crippen molar-refractivity contribution in [3.05, 3.63) is 38.7 Å². The summed E-state index contributed by atoms with van der Waals surface area (Å²) in [6.07, 6.45) is 1.39. The number of nitrogens with zero attached hydrogens (tertiary/aromatic N) is 2. The lowest BCUT2D eigenvalue weighted by molar-refractivity contribution is 1.17. The molecule has 0 fully saturated rings. The van der Waals surface area contributed by atoms with Crippen molar-refractivity contribution < 1.29 is 0 Å². The van der Waals surface area contributed by atoms with E-state index in [1.165, 1.54) is 12.3 Å². The van der Waals surface area contributed by atoms with E-state index in [9.17, 15) is 0 Å². The van der Waals surface area contributed by atoms with Gasteiger partial charge in [-0.1, -0.05) is 34.8 Å². The number of aromatic nitrogens is 2. The van der Waals surface area contributed by atoms with Crippen LogP contribution in [0.2, 0.25) is 20.4 Å². The number of anilines is 3. The van der Waals surface area contributed by atoms with Crippen molar-refractivity contribution in [3.63, 3.8) is 0 Å². The zero-order valence-corrected chi connectivity index (χ0v) is 11.7. The summed E-state index contributed by atoms with van der Waals surface area (Å²) in [5, 5.41) is 4.10. The van der Waals surface area contributed by atoms with E-state index < -0.39 is 0 Å². The van der Waals surface area contributed by atoms with Gasteiger partial charge in [0.1, 0.15) is 0 Å². The van der Waals surface area contributed by atoms with Crippen molar-refractivity contribution in [3.8, 4) is 0 Å². The molecule has 4 nitrogen and oxygen atoms in total.